The second-order valence-corrected chi connectivity index (χ2v) is 5.79. The average Bonchev–Trinajstić information content (AvgIpc) is 2.99. The Hall–Kier alpha value is -1.59. The van der Waals surface area contributed by atoms with E-state index < -0.39 is 5.54 Å². The van der Waals surface area contributed by atoms with Gasteiger partial charge >= 0.3 is 12.0 Å². The summed E-state index contributed by atoms with van der Waals surface area (Å²) in [6.07, 6.45) is 6.19. The van der Waals surface area contributed by atoms with Crippen LogP contribution in [0.15, 0.2) is 0 Å². The lowest BCUT2D eigenvalue weighted by Crippen LogP contribution is -2.44. The maximum atomic E-state index is 12.4. The van der Waals surface area contributed by atoms with Gasteiger partial charge in [-0.3, -0.25) is 14.5 Å². The van der Waals surface area contributed by atoms with Crippen molar-refractivity contribution in [2.24, 2.45) is 0 Å². The molecule has 0 unspecified atom stereocenters. The first-order valence-corrected chi connectivity index (χ1v) is 7.89. The number of urea groups is 1. The van der Waals surface area contributed by atoms with Crippen LogP contribution in [0, 0.1) is 0 Å². The fourth-order valence-corrected chi connectivity index (χ4v) is 3.15. The van der Waals surface area contributed by atoms with Crippen molar-refractivity contribution in [2.75, 3.05) is 13.2 Å². The van der Waals surface area contributed by atoms with Crippen LogP contribution in [-0.4, -0.2) is 41.5 Å². The summed E-state index contributed by atoms with van der Waals surface area (Å²) in [4.78, 5) is 36.8. The third kappa shape index (κ3) is 3.54. The van der Waals surface area contributed by atoms with Gasteiger partial charge in [0.15, 0.2) is 0 Å². The molecule has 0 atom stereocenters. The molecule has 118 valence electrons. The van der Waals surface area contributed by atoms with E-state index in [1.165, 1.54) is 4.90 Å². The van der Waals surface area contributed by atoms with Crippen molar-refractivity contribution in [3.63, 3.8) is 0 Å². The van der Waals surface area contributed by atoms with E-state index in [9.17, 15) is 14.4 Å². The van der Waals surface area contributed by atoms with Crippen LogP contribution in [0.2, 0.25) is 0 Å². The topological polar surface area (TPSA) is 75.7 Å². The van der Waals surface area contributed by atoms with Crippen molar-refractivity contribution >= 4 is 17.9 Å². The van der Waals surface area contributed by atoms with E-state index in [0.29, 0.717) is 19.6 Å². The van der Waals surface area contributed by atoms with E-state index in [2.05, 4.69) is 5.32 Å². The van der Waals surface area contributed by atoms with Crippen LogP contribution in [0.25, 0.3) is 0 Å². The summed E-state index contributed by atoms with van der Waals surface area (Å²) in [7, 11) is 0. The Balaban J connectivity index is 1.70. The number of nitrogens with one attached hydrogen (secondary N) is 1. The van der Waals surface area contributed by atoms with Gasteiger partial charge in [0.05, 0.1) is 6.61 Å². The zero-order chi connectivity index (χ0) is 15.3. The highest BCUT2D eigenvalue weighted by Crippen LogP contribution is 2.35. The lowest BCUT2D eigenvalue weighted by Gasteiger charge is -2.19. The third-order valence-corrected chi connectivity index (χ3v) is 4.27. The standard InChI is InChI=1S/C15H24N2O4/c1-2-21-12(18)8-4-3-7-11-17-13(19)15(16-14(17)20)9-5-6-10-15/h2-11H2,1H3,(H,16,20). The predicted molar refractivity (Wildman–Crippen MR) is 76.5 cm³/mol. The number of esters is 1. The molecule has 1 spiro atoms. The van der Waals surface area contributed by atoms with Crippen molar-refractivity contribution in [3.05, 3.63) is 0 Å². The Morgan fingerprint density at radius 1 is 1.24 bits per heavy atom. The molecular weight excluding hydrogens is 272 g/mol. The van der Waals surface area contributed by atoms with Crippen LogP contribution in [-0.2, 0) is 14.3 Å². The Morgan fingerprint density at radius 2 is 1.95 bits per heavy atom. The zero-order valence-electron chi connectivity index (χ0n) is 12.7. The Morgan fingerprint density at radius 3 is 2.62 bits per heavy atom. The van der Waals surface area contributed by atoms with Crippen LogP contribution < -0.4 is 5.32 Å². The van der Waals surface area contributed by atoms with Gasteiger partial charge in [-0.15, -0.1) is 0 Å². The fourth-order valence-electron chi connectivity index (χ4n) is 3.15. The summed E-state index contributed by atoms with van der Waals surface area (Å²) in [6, 6.07) is -0.257. The van der Waals surface area contributed by atoms with E-state index in [4.69, 9.17) is 4.74 Å². The molecule has 0 aromatic rings. The molecule has 1 aliphatic heterocycles. The molecule has 1 N–H and O–H groups in total. The number of ether oxygens (including phenoxy) is 1. The quantitative estimate of drug-likeness (QED) is 0.443. The van der Waals surface area contributed by atoms with E-state index in [-0.39, 0.29) is 17.9 Å². The molecule has 2 aliphatic rings. The lowest BCUT2D eigenvalue weighted by atomic mass is 9.98. The summed E-state index contributed by atoms with van der Waals surface area (Å²) >= 11 is 0. The van der Waals surface area contributed by atoms with Crippen molar-refractivity contribution in [1.29, 1.82) is 0 Å². The number of rotatable bonds is 7. The number of carbonyl (C=O) groups excluding carboxylic acids is 3. The molecule has 0 radical (unpaired) electrons. The van der Waals surface area contributed by atoms with Gasteiger partial charge in [0, 0.05) is 13.0 Å². The van der Waals surface area contributed by atoms with Gasteiger partial charge < -0.3 is 10.1 Å². The fraction of sp³-hybridized carbons (Fsp3) is 0.800. The van der Waals surface area contributed by atoms with Gasteiger partial charge in [-0.2, -0.15) is 0 Å². The minimum Gasteiger partial charge on any atom is -0.466 e. The first-order valence-electron chi connectivity index (χ1n) is 7.89. The normalized spacial score (nSPS) is 20.1. The highest BCUT2D eigenvalue weighted by atomic mass is 16.5. The maximum Gasteiger partial charge on any atom is 0.325 e. The number of carbonyl (C=O) groups is 3. The molecule has 0 aromatic carbocycles. The molecule has 1 aliphatic carbocycles. The van der Waals surface area contributed by atoms with Gasteiger partial charge in [0.1, 0.15) is 5.54 Å². The van der Waals surface area contributed by atoms with Gasteiger partial charge in [-0.25, -0.2) is 4.79 Å². The maximum absolute atomic E-state index is 12.4. The summed E-state index contributed by atoms with van der Waals surface area (Å²) in [6.45, 7) is 2.63. The summed E-state index contributed by atoms with van der Waals surface area (Å²) in [5.74, 6) is -0.243. The molecule has 6 nitrogen and oxygen atoms in total. The van der Waals surface area contributed by atoms with Crippen molar-refractivity contribution in [3.8, 4) is 0 Å². The summed E-state index contributed by atoms with van der Waals surface area (Å²) < 4.78 is 4.85. The lowest BCUT2D eigenvalue weighted by molar-refractivity contribution is -0.143. The number of amides is 3. The molecule has 0 bridgehead atoms. The van der Waals surface area contributed by atoms with E-state index >= 15 is 0 Å². The van der Waals surface area contributed by atoms with Crippen molar-refractivity contribution in [2.45, 2.75) is 63.8 Å². The predicted octanol–water partition coefficient (Wildman–Crippen LogP) is 1.97. The van der Waals surface area contributed by atoms with Gasteiger partial charge in [-0.05, 0) is 32.6 Å². The molecule has 2 fully saturated rings. The van der Waals surface area contributed by atoms with E-state index in [1.807, 2.05) is 0 Å². The molecule has 1 saturated heterocycles. The first kappa shape index (κ1) is 15.8. The van der Waals surface area contributed by atoms with Crippen LogP contribution in [0.1, 0.15) is 58.3 Å². The molecule has 1 saturated carbocycles. The van der Waals surface area contributed by atoms with Gasteiger partial charge in [-0.1, -0.05) is 19.3 Å². The molecule has 21 heavy (non-hydrogen) atoms. The number of nitrogens with zero attached hydrogens (tertiary/aromatic N) is 1. The van der Waals surface area contributed by atoms with Gasteiger partial charge in [0.25, 0.3) is 5.91 Å². The van der Waals surface area contributed by atoms with Crippen LogP contribution in [0.3, 0.4) is 0 Å². The third-order valence-electron chi connectivity index (χ3n) is 4.27. The molecule has 6 heteroatoms. The summed E-state index contributed by atoms with van der Waals surface area (Å²) in [5, 5.41) is 2.87. The highest BCUT2D eigenvalue weighted by molar-refractivity contribution is 6.07. The SMILES string of the molecule is CCOC(=O)CCCCCN1C(=O)NC2(CCCC2)C1=O. The molecule has 3 amide bonds. The van der Waals surface area contributed by atoms with Crippen LogP contribution in [0.5, 0.6) is 0 Å². The molecule has 0 aromatic heterocycles. The molecular formula is C15H24N2O4. The largest absolute Gasteiger partial charge is 0.466 e. The highest BCUT2D eigenvalue weighted by Gasteiger charge is 2.51. The number of hydrogen-bond donors (Lipinski definition) is 1. The average molecular weight is 296 g/mol. The molecule has 2 rings (SSSR count). The van der Waals surface area contributed by atoms with E-state index in [0.717, 1.165) is 44.9 Å². The van der Waals surface area contributed by atoms with E-state index in [1.54, 1.807) is 6.92 Å². The van der Waals surface area contributed by atoms with Crippen LogP contribution >= 0.6 is 0 Å². The number of imide groups is 1. The number of hydrogen-bond acceptors (Lipinski definition) is 4. The first-order chi connectivity index (χ1) is 10.1. The molecule has 1 heterocycles. The Labute approximate surface area is 125 Å². The Bertz CT molecular complexity index is 416. The van der Waals surface area contributed by atoms with Gasteiger partial charge in [0.2, 0.25) is 0 Å². The van der Waals surface area contributed by atoms with Crippen molar-refractivity contribution < 1.29 is 19.1 Å². The number of unbranched alkanes of at least 4 members (excludes halogenated alkanes) is 2. The summed E-state index contributed by atoms with van der Waals surface area (Å²) in [5.41, 5.74) is -0.609. The minimum absolute atomic E-state index is 0.0598. The zero-order valence-corrected chi connectivity index (χ0v) is 12.7. The van der Waals surface area contributed by atoms with Crippen LogP contribution in [0.4, 0.5) is 4.79 Å². The second-order valence-electron chi connectivity index (χ2n) is 5.79. The smallest absolute Gasteiger partial charge is 0.325 e. The Kier molecular flexibility index (Phi) is 5.20. The van der Waals surface area contributed by atoms with Crippen molar-refractivity contribution in [1.82, 2.24) is 10.2 Å². The second kappa shape index (κ2) is 6.91. The minimum atomic E-state index is -0.609. The monoisotopic (exact) mass is 296 g/mol.